The minimum Gasteiger partial charge on any atom is -0.337 e. The largest absolute Gasteiger partial charge is 0.337 e. The number of imidazole rings is 1. The molecule has 0 atom stereocenters. The quantitative estimate of drug-likeness (QED) is 0.389. The molecule has 3 rings (SSSR count). The molecule has 0 aliphatic heterocycles. The van der Waals surface area contributed by atoms with Gasteiger partial charge in [-0.3, -0.25) is 10.1 Å². The molecule has 0 aliphatic carbocycles. The van der Waals surface area contributed by atoms with Crippen LogP contribution in [0.15, 0.2) is 48.9 Å². The molecule has 0 radical (unpaired) electrons. The summed E-state index contributed by atoms with van der Waals surface area (Å²) in [7, 11) is 0. The lowest BCUT2D eigenvalue weighted by Crippen LogP contribution is -2.03. The highest BCUT2D eigenvalue weighted by Gasteiger charge is 2.09. The highest BCUT2D eigenvalue weighted by molar-refractivity contribution is 7.96. The van der Waals surface area contributed by atoms with Crippen LogP contribution in [0.2, 0.25) is 0 Å². The number of aromatic amines is 1. The fraction of sp³-hybridized carbons (Fsp3) is 0.158. The molecule has 144 valence electrons. The minimum absolute atomic E-state index is 0.366. The second kappa shape index (κ2) is 9.34. The number of halogens is 2. The first-order valence-corrected chi connectivity index (χ1v) is 9.56. The summed E-state index contributed by atoms with van der Waals surface area (Å²) in [6.07, 6.45) is 4.56. The number of rotatable bonds is 8. The summed E-state index contributed by atoms with van der Waals surface area (Å²) in [6, 6.07) is 9.90. The lowest BCUT2D eigenvalue weighted by Gasteiger charge is -2.06. The van der Waals surface area contributed by atoms with Crippen molar-refractivity contribution in [1.82, 2.24) is 24.7 Å². The monoisotopic (exact) mass is 400 g/mol. The first-order chi connectivity index (χ1) is 13.6. The van der Waals surface area contributed by atoms with E-state index < -0.39 is 12.1 Å². The third kappa shape index (κ3) is 5.08. The predicted octanol–water partition coefficient (Wildman–Crippen LogP) is 4.20. The smallest absolute Gasteiger partial charge is 0.279 e. The van der Waals surface area contributed by atoms with Crippen LogP contribution in [0, 0.1) is 5.41 Å². The van der Waals surface area contributed by atoms with Gasteiger partial charge in [-0.05, 0) is 36.1 Å². The maximum absolute atomic E-state index is 12.4. The van der Waals surface area contributed by atoms with Crippen molar-refractivity contribution in [2.24, 2.45) is 0 Å². The zero-order chi connectivity index (χ0) is 19.9. The van der Waals surface area contributed by atoms with Gasteiger partial charge in [0.1, 0.15) is 12.2 Å². The van der Waals surface area contributed by atoms with E-state index in [0.29, 0.717) is 17.2 Å². The van der Waals surface area contributed by atoms with Crippen molar-refractivity contribution in [3.8, 4) is 22.6 Å². The number of allylic oxidation sites excluding steroid dienone is 1. The van der Waals surface area contributed by atoms with Gasteiger partial charge in [0.2, 0.25) is 0 Å². The molecule has 28 heavy (non-hydrogen) atoms. The Bertz CT molecular complexity index is 986. The number of aromatic nitrogens is 4. The van der Waals surface area contributed by atoms with E-state index in [2.05, 4.69) is 30.7 Å². The van der Waals surface area contributed by atoms with Gasteiger partial charge in [-0.15, -0.1) is 0 Å². The fourth-order valence-corrected chi connectivity index (χ4v) is 2.76. The third-order valence-corrected chi connectivity index (χ3v) is 4.27. The average Bonchev–Trinajstić information content (AvgIpc) is 3.20. The Balaban J connectivity index is 1.82. The van der Waals surface area contributed by atoms with E-state index in [9.17, 15) is 8.78 Å². The summed E-state index contributed by atoms with van der Waals surface area (Å²) in [6.45, 7) is 0.747. The lowest BCUT2D eigenvalue weighted by molar-refractivity contribution is 0.226. The van der Waals surface area contributed by atoms with E-state index in [1.54, 1.807) is 18.1 Å². The van der Waals surface area contributed by atoms with Gasteiger partial charge in [-0.1, -0.05) is 30.1 Å². The van der Waals surface area contributed by atoms with E-state index in [4.69, 9.17) is 5.41 Å². The topological polar surface area (TPSA) is 90.3 Å². The van der Waals surface area contributed by atoms with Crippen molar-refractivity contribution < 1.29 is 8.78 Å². The molecule has 9 heteroatoms. The molecule has 2 heterocycles. The molecular formula is C19H18F2N6S. The Labute approximate surface area is 165 Å². The highest BCUT2D eigenvalue weighted by atomic mass is 32.2. The number of nitrogens with one attached hydrogen (secondary N) is 3. The van der Waals surface area contributed by atoms with Gasteiger partial charge >= 0.3 is 0 Å². The molecule has 0 spiro atoms. The molecule has 6 nitrogen and oxygen atoms in total. The van der Waals surface area contributed by atoms with Crippen LogP contribution >= 0.6 is 11.9 Å². The molecular weight excluding hydrogens is 382 g/mol. The molecule has 0 amide bonds. The van der Waals surface area contributed by atoms with Gasteiger partial charge in [-0.2, -0.15) is 0 Å². The zero-order valence-corrected chi connectivity index (χ0v) is 15.8. The van der Waals surface area contributed by atoms with E-state index in [0.717, 1.165) is 29.4 Å². The van der Waals surface area contributed by atoms with Crippen LogP contribution in [0.25, 0.3) is 28.7 Å². The Morgan fingerprint density at radius 3 is 2.86 bits per heavy atom. The number of benzene rings is 1. The molecule has 0 saturated carbocycles. The van der Waals surface area contributed by atoms with Crippen LogP contribution in [0.4, 0.5) is 8.78 Å². The Morgan fingerprint density at radius 2 is 2.07 bits per heavy atom. The van der Waals surface area contributed by atoms with E-state index >= 15 is 0 Å². The molecule has 0 fully saturated rings. The summed E-state index contributed by atoms with van der Waals surface area (Å²) in [5, 5.41) is 7.14. The Hall–Kier alpha value is -2.91. The molecule has 2 aromatic heterocycles. The molecule has 0 bridgehead atoms. The van der Waals surface area contributed by atoms with Crippen LogP contribution in [0.1, 0.15) is 11.4 Å². The maximum atomic E-state index is 12.4. The molecule has 0 saturated heterocycles. The van der Waals surface area contributed by atoms with E-state index in [1.165, 1.54) is 12.4 Å². The first kappa shape index (κ1) is 19.8. The first-order valence-electron chi connectivity index (χ1n) is 8.34. The third-order valence-electron chi connectivity index (χ3n) is 3.84. The Morgan fingerprint density at radius 1 is 1.25 bits per heavy atom. The molecule has 0 aliphatic rings. The summed E-state index contributed by atoms with van der Waals surface area (Å²) in [5.41, 5.74) is 3.37. The van der Waals surface area contributed by atoms with Crippen LogP contribution in [-0.2, 0) is 6.54 Å². The molecule has 1 aromatic carbocycles. The molecule has 3 aromatic rings. The van der Waals surface area contributed by atoms with Gasteiger partial charge in [0.15, 0.2) is 0 Å². The lowest BCUT2D eigenvalue weighted by atomic mass is 10.1. The number of H-pyrrole nitrogens is 1. The summed E-state index contributed by atoms with van der Waals surface area (Å²) in [5.74, 6) is 0.366. The van der Waals surface area contributed by atoms with Crippen LogP contribution in [0.5, 0.6) is 0 Å². The van der Waals surface area contributed by atoms with Gasteiger partial charge in [0, 0.05) is 12.1 Å². The number of nitrogens with zero attached hydrogens (tertiary/aromatic N) is 3. The standard InChI is InChI=1S/C19H18F2N6S/c1-28-26-9-12-3-2-4-13(7-12)15-8-16(25-11-24-15)17-10-23-18(27-17)6-5-14(22)19(20)21/h2-8,10-11,19,22,26H,9H2,1H3,(H,23,27)/b6-5-,22-14?. The predicted molar refractivity (Wildman–Crippen MR) is 108 cm³/mol. The van der Waals surface area contributed by atoms with Gasteiger partial charge in [-0.25, -0.2) is 23.7 Å². The van der Waals surface area contributed by atoms with Crippen molar-refractivity contribution in [3.63, 3.8) is 0 Å². The van der Waals surface area contributed by atoms with E-state index in [1.807, 2.05) is 30.5 Å². The van der Waals surface area contributed by atoms with Crippen molar-refractivity contribution in [1.29, 1.82) is 5.41 Å². The minimum atomic E-state index is -2.81. The highest BCUT2D eigenvalue weighted by Crippen LogP contribution is 2.23. The number of alkyl halides is 2. The summed E-state index contributed by atoms with van der Waals surface area (Å²) < 4.78 is 28.0. The van der Waals surface area contributed by atoms with Gasteiger partial charge < -0.3 is 4.98 Å². The van der Waals surface area contributed by atoms with E-state index in [-0.39, 0.29) is 0 Å². The number of hydrogen-bond donors (Lipinski definition) is 3. The molecule has 0 unspecified atom stereocenters. The zero-order valence-electron chi connectivity index (χ0n) is 15.0. The second-order valence-corrected chi connectivity index (χ2v) is 6.48. The summed E-state index contributed by atoms with van der Waals surface area (Å²) >= 11 is 1.56. The summed E-state index contributed by atoms with van der Waals surface area (Å²) in [4.78, 5) is 15.7. The average molecular weight is 400 g/mol. The van der Waals surface area contributed by atoms with Crippen molar-refractivity contribution >= 4 is 23.7 Å². The normalized spacial score (nSPS) is 11.4. The SMILES string of the molecule is CSNCc1cccc(-c2cc(-c3cnc(/C=C\C(=N)C(F)F)[nH]3)ncn2)c1. The fourth-order valence-electron chi connectivity index (χ4n) is 2.45. The van der Waals surface area contributed by atoms with Gasteiger partial charge in [0.05, 0.1) is 29.0 Å². The van der Waals surface area contributed by atoms with Gasteiger partial charge in [0.25, 0.3) is 6.43 Å². The Kier molecular flexibility index (Phi) is 6.62. The van der Waals surface area contributed by atoms with Crippen molar-refractivity contribution in [2.75, 3.05) is 6.26 Å². The van der Waals surface area contributed by atoms with Crippen molar-refractivity contribution in [2.45, 2.75) is 13.0 Å². The van der Waals surface area contributed by atoms with Crippen LogP contribution < -0.4 is 4.72 Å². The van der Waals surface area contributed by atoms with Crippen LogP contribution in [0.3, 0.4) is 0 Å². The van der Waals surface area contributed by atoms with Crippen LogP contribution in [-0.4, -0.2) is 38.3 Å². The second-order valence-electron chi connectivity index (χ2n) is 5.79. The maximum Gasteiger partial charge on any atom is 0.279 e. The molecule has 3 N–H and O–H groups in total. The number of hydrogen-bond acceptors (Lipinski definition) is 6. The van der Waals surface area contributed by atoms with Crippen molar-refractivity contribution in [3.05, 3.63) is 60.3 Å².